The first-order chi connectivity index (χ1) is 12.6. The van der Waals surface area contributed by atoms with E-state index in [2.05, 4.69) is 34.6 Å². The molecule has 2 aliphatic rings. The molecule has 0 aromatic carbocycles. The lowest BCUT2D eigenvalue weighted by atomic mass is 9.84. The van der Waals surface area contributed by atoms with Crippen molar-refractivity contribution in [3.05, 3.63) is 0 Å². The summed E-state index contributed by atoms with van der Waals surface area (Å²) in [5.41, 5.74) is 0. The normalized spacial score (nSPS) is 20.8. The smallest absolute Gasteiger partial charge is 0.0443 e. The minimum atomic E-state index is 0.898. The molecule has 0 atom stereocenters. The number of rotatable bonds is 2. The highest BCUT2D eigenvalue weighted by molar-refractivity contribution is 4.65. The van der Waals surface area contributed by atoms with Gasteiger partial charge in [0.15, 0.2) is 0 Å². The Bertz CT molecular complexity index is 149. The van der Waals surface area contributed by atoms with Crippen LogP contribution in [0, 0.1) is 17.8 Å². The zero-order valence-electron chi connectivity index (χ0n) is 21.2. The fraction of sp³-hybridized carbons (Fsp3) is 1.00. The second kappa shape index (κ2) is 32.7. The van der Waals surface area contributed by atoms with Gasteiger partial charge in [-0.3, -0.25) is 0 Å². The van der Waals surface area contributed by atoms with Gasteiger partial charge in [-0.05, 0) is 17.8 Å². The topological polar surface area (TPSA) is 0 Å². The average Bonchev–Trinajstić information content (AvgIpc) is 2.71. The largest absolute Gasteiger partial charge is 0.0683 e. The second-order valence-corrected chi connectivity index (χ2v) is 7.67. The van der Waals surface area contributed by atoms with Crippen molar-refractivity contribution in [2.24, 2.45) is 17.8 Å². The Morgan fingerprint density at radius 1 is 0.577 bits per heavy atom. The lowest BCUT2D eigenvalue weighted by Gasteiger charge is -2.22. The van der Waals surface area contributed by atoms with Crippen molar-refractivity contribution >= 4 is 0 Å². The molecule has 0 bridgehead atoms. The van der Waals surface area contributed by atoms with Gasteiger partial charge in [-0.25, -0.2) is 0 Å². The Morgan fingerprint density at radius 2 is 0.808 bits per heavy atom. The van der Waals surface area contributed by atoms with Crippen molar-refractivity contribution in [3.63, 3.8) is 0 Å². The van der Waals surface area contributed by atoms with Crippen molar-refractivity contribution in [2.75, 3.05) is 0 Å². The van der Waals surface area contributed by atoms with Crippen LogP contribution in [-0.2, 0) is 0 Å². The molecule has 0 radical (unpaired) electrons. The van der Waals surface area contributed by atoms with Gasteiger partial charge in [0, 0.05) is 0 Å². The Balaban J connectivity index is -0.000000123. The molecule has 2 aliphatic carbocycles. The fourth-order valence-electron chi connectivity index (χ4n) is 3.06. The van der Waals surface area contributed by atoms with Crippen LogP contribution >= 0.6 is 0 Å². The first-order valence-corrected chi connectivity index (χ1v) is 12.6. The number of hydrogen-bond donors (Lipinski definition) is 0. The molecule has 26 heavy (non-hydrogen) atoms. The molecule has 0 N–H and O–H groups in total. The van der Waals surface area contributed by atoms with E-state index in [0.717, 1.165) is 17.8 Å². The minimum Gasteiger partial charge on any atom is -0.0683 e. The lowest BCUT2D eigenvalue weighted by Crippen LogP contribution is -2.08. The van der Waals surface area contributed by atoms with Crippen LogP contribution in [0.1, 0.15) is 153 Å². The first-order valence-electron chi connectivity index (χ1n) is 12.6. The maximum atomic E-state index is 2.37. The third-order valence-corrected chi connectivity index (χ3v) is 4.67. The van der Waals surface area contributed by atoms with E-state index in [-0.39, 0.29) is 0 Å². The van der Waals surface area contributed by atoms with E-state index >= 15 is 0 Å². The maximum absolute atomic E-state index is 2.37. The monoisotopic (exact) mass is 372 g/mol. The van der Waals surface area contributed by atoms with E-state index in [0.29, 0.717) is 0 Å². The van der Waals surface area contributed by atoms with Gasteiger partial charge in [-0.1, -0.05) is 153 Å². The van der Waals surface area contributed by atoms with E-state index < -0.39 is 0 Å². The summed E-state index contributed by atoms with van der Waals surface area (Å²) in [6.45, 7) is 23.5. The molecule has 2 fully saturated rings. The molecule has 0 aromatic heterocycles. The van der Waals surface area contributed by atoms with Gasteiger partial charge in [-0.2, -0.15) is 0 Å². The van der Waals surface area contributed by atoms with Gasteiger partial charge in [0.1, 0.15) is 0 Å². The van der Waals surface area contributed by atoms with Crippen LogP contribution in [0.25, 0.3) is 0 Å². The summed E-state index contributed by atoms with van der Waals surface area (Å²) >= 11 is 0. The van der Waals surface area contributed by atoms with Gasteiger partial charge >= 0.3 is 0 Å². The Hall–Kier alpha value is 0. The summed E-state index contributed by atoms with van der Waals surface area (Å²) < 4.78 is 0. The second-order valence-electron chi connectivity index (χ2n) is 7.67. The highest BCUT2D eigenvalue weighted by Crippen LogP contribution is 2.27. The molecule has 164 valence electrons. The van der Waals surface area contributed by atoms with E-state index in [1.165, 1.54) is 77.0 Å². The van der Waals surface area contributed by atoms with Crippen LogP contribution in [0.2, 0.25) is 0 Å². The summed E-state index contributed by atoms with van der Waals surface area (Å²) in [6, 6.07) is 0. The minimum absolute atomic E-state index is 0.898. The zero-order chi connectivity index (χ0) is 21.2. The van der Waals surface area contributed by atoms with Gasteiger partial charge < -0.3 is 0 Å². The summed E-state index contributed by atoms with van der Waals surface area (Å²) in [7, 11) is 0. The third-order valence-electron chi connectivity index (χ3n) is 4.67. The van der Waals surface area contributed by atoms with Crippen molar-refractivity contribution in [1.29, 1.82) is 0 Å². The van der Waals surface area contributed by atoms with E-state index in [1.807, 2.05) is 41.5 Å². The molecule has 0 unspecified atom stereocenters. The zero-order valence-corrected chi connectivity index (χ0v) is 21.2. The summed E-state index contributed by atoms with van der Waals surface area (Å²) in [4.78, 5) is 0. The quantitative estimate of drug-likeness (QED) is 0.452. The highest BCUT2D eigenvalue weighted by atomic mass is 14.2. The Labute approximate surface area is 171 Å². The molecule has 2 saturated carbocycles. The SMILES string of the molecule is C1CCCCC1.CC.CC.CC.CC1CCC(C)CC1.CCCC(C)C. The molecule has 0 heteroatoms. The lowest BCUT2D eigenvalue weighted by molar-refractivity contribution is 0.308. The highest BCUT2D eigenvalue weighted by Gasteiger charge is 2.13. The molecular weight excluding hydrogens is 312 g/mol. The molecule has 0 nitrogen and oxygen atoms in total. The molecular formula is C26H60. The van der Waals surface area contributed by atoms with E-state index in [1.54, 1.807) is 0 Å². The van der Waals surface area contributed by atoms with Crippen LogP contribution in [0.3, 0.4) is 0 Å². The molecule has 0 amide bonds. The third kappa shape index (κ3) is 35.2. The van der Waals surface area contributed by atoms with Crippen LogP contribution in [0.15, 0.2) is 0 Å². The standard InChI is InChI=1S/C8H16.C6H12.C6H14.3C2H6/c1-7-3-5-8(2)6-4-7;1-2-4-6-5-3-1;1-4-5-6(2)3;3*1-2/h7-8H,3-6H2,1-2H3;1-6H2;6H,4-5H2,1-3H3;3*1-2H3. The van der Waals surface area contributed by atoms with Crippen molar-refractivity contribution in [3.8, 4) is 0 Å². The van der Waals surface area contributed by atoms with Gasteiger partial charge in [0.25, 0.3) is 0 Å². The predicted molar refractivity (Wildman–Crippen MR) is 128 cm³/mol. The summed E-state index contributed by atoms with van der Waals surface area (Å²) in [6.07, 6.45) is 17.6. The van der Waals surface area contributed by atoms with Crippen LogP contribution in [-0.4, -0.2) is 0 Å². The maximum Gasteiger partial charge on any atom is -0.0443 e. The van der Waals surface area contributed by atoms with Gasteiger partial charge in [0.2, 0.25) is 0 Å². The average molecular weight is 373 g/mol. The summed E-state index contributed by atoms with van der Waals surface area (Å²) in [5.74, 6) is 2.94. The Kier molecular flexibility index (Phi) is 42.2. The Morgan fingerprint density at radius 3 is 0.923 bits per heavy atom. The molecule has 0 spiro atoms. The molecule has 0 aromatic rings. The molecule has 2 rings (SSSR count). The van der Waals surface area contributed by atoms with E-state index in [9.17, 15) is 0 Å². The van der Waals surface area contributed by atoms with Gasteiger partial charge in [0.05, 0.1) is 0 Å². The molecule has 0 heterocycles. The first kappa shape index (κ1) is 33.6. The summed E-state index contributed by atoms with van der Waals surface area (Å²) in [5, 5.41) is 0. The van der Waals surface area contributed by atoms with Crippen LogP contribution in [0.4, 0.5) is 0 Å². The van der Waals surface area contributed by atoms with Crippen molar-refractivity contribution in [1.82, 2.24) is 0 Å². The van der Waals surface area contributed by atoms with Gasteiger partial charge in [-0.15, -0.1) is 0 Å². The molecule has 0 aliphatic heterocycles. The van der Waals surface area contributed by atoms with E-state index in [4.69, 9.17) is 0 Å². The fourth-order valence-corrected chi connectivity index (χ4v) is 3.06. The number of hydrogen-bond acceptors (Lipinski definition) is 0. The van der Waals surface area contributed by atoms with Crippen LogP contribution < -0.4 is 0 Å². The van der Waals surface area contributed by atoms with Crippen LogP contribution in [0.5, 0.6) is 0 Å². The van der Waals surface area contributed by atoms with Crippen molar-refractivity contribution < 1.29 is 0 Å². The van der Waals surface area contributed by atoms with Crippen molar-refractivity contribution in [2.45, 2.75) is 153 Å². The molecule has 0 saturated heterocycles. The predicted octanol–water partition coefficient (Wildman–Crippen LogP) is 10.7.